The molecule has 7 heteroatoms. The number of benzene rings is 2. The fraction of sp³-hybridized carbons (Fsp3) is 0.429. The molecule has 3 rings (SSSR count). The Morgan fingerprint density at radius 2 is 1.69 bits per heavy atom. The molecule has 3 aromatic rings. The smallest absolute Gasteiger partial charge is 0.407 e. The highest BCUT2D eigenvalue weighted by atomic mass is 32.1. The Labute approximate surface area is 212 Å². The van der Waals surface area contributed by atoms with E-state index < -0.39 is 11.7 Å². The number of alkyl carbamates (subject to hydrolysis) is 1. The van der Waals surface area contributed by atoms with Crippen molar-refractivity contribution in [2.75, 3.05) is 26.2 Å². The van der Waals surface area contributed by atoms with E-state index in [-0.39, 0.29) is 5.91 Å². The first kappa shape index (κ1) is 26.7. The molecule has 0 fully saturated rings. The Morgan fingerprint density at radius 3 is 2.37 bits per heavy atom. The molecule has 2 N–H and O–H groups in total. The van der Waals surface area contributed by atoms with Gasteiger partial charge in [0, 0.05) is 24.3 Å². The van der Waals surface area contributed by atoms with Gasteiger partial charge in [-0.3, -0.25) is 4.79 Å². The van der Waals surface area contributed by atoms with Gasteiger partial charge in [0.25, 0.3) is 5.91 Å². The van der Waals surface area contributed by atoms with Crippen LogP contribution < -0.4 is 10.6 Å². The van der Waals surface area contributed by atoms with Gasteiger partial charge in [0.05, 0.1) is 4.88 Å². The molecule has 2 amide bonds. The quantitative estimate of drug-likeness (QED) is 0.363. The third-order valence-corrected chi connectivity index (χ3v) is 6.72. The fourth-order valence-corrected chi connectivity index (χ4v) is 4.73. The van der Waals surface area contributed by atoms with Crippen molar-refractivity contribution in [1.29, 1.82) is 0 Å². The number of carbonyl (C=O) groups excluding carboxylic acids is 2. The molecule has 0 atom stereocenters. The van der Waals surface area contributed by atoms with Gasteiger partial charge in [0.1, 0.15) is 5.60 Å². The average molecular weight is 496 g/mol. The first-order chi connectivity index (χ1) is 16.7. The van der Waals surface area contributed by atoms with Gasteiger partial charge in [-0.15, -0.1) is 11.3 Å². The maximum Gasteiger partial charge on any atom is 0.407 e. The first-order valence-electron chi connectivity index (χ1n) is 12.3. The lowest BCUT2D eigenvalue weighted by Gasteiger charge is -2.20. The number of hydrogen-bond acceptors (Lipinski definition) is 5. The van der Waals surface area contributed by atoms with Gasteiger partial charge >= 0.3 is 6.09 Å². The van der Waals surface area contributed by atoms with Gasteiger partial charge in [-0.25, -0.2) is 4.79 Å². The molecule has 6 nitrogen and oxygen atoms in total. The summed E-state index contributed by atoms with van der Waals surface area (Å²) >= 11 is 1.54. The van der Waals surface area contributed by atoms with Crippen LogP contribution in [0.25, 0.3) is 10.1 Å². The molecule has 0 aliphatic carbocycles. The number of thiophene rings is 1. The number of carbonyl (C=O) groups is 2. The fourth-order valence-electron chi connectivity index (χ4n) is 3.76. The lowest BCUT2D eigenvalue weighted by atomic mass is 10.1. The summed E-state index contributed by atoms with van der Waals surface area (Å²) in [5.74, 6) is 0.00324. The van der Waals surface area contributed by atoms with Crippen LogP contribution in [0.5, 0.6) is 0 Å². The molecule has 0 bridgehead atoms. The van der Waals surface area contributed by atoms with Crippen LogP contribution in [0.1, 0.15) is 54.9 Å². The number of likely N-dealkylation sites (N-methyl/N-ethyl adjacent to an activating group) is 1. The highest BCUT2D eigenvalue weighted by Crippen LogP contribution is 2.25. The second kappa shape index (κ2) is 12.7. The topological polar surface area (TPSA) is 70.7 Å². The van der Waals surface area contributed by atoms with Crippen molar-refractivity contribution in [2.45, 2.75) is 52.7 Å². The lowest BCUT2D eigenvalue weighted by Crippen LogP contribution is -2.35. The third-order valence-electron chi connectivity index (χ3n) is 5.61. The van der Waals surface area contributed by atoms with Crippen molar-refractivity contribution in [1.82, 2.24) is 15.5 Å². The van der Waals surface area contributed by atoms with Crippen LogP contribution in [0.4, 0.5) is 4.79 Å². The Morgan fingerprint density at radius 1 is 0.971 bits per heavy atom. The Balaban J connectivity index is 1.34. The third kappa shape index (κ3) is 9.00. The molecular formula is C28H37N3O3S. The van der Waals surface area contributed by atoms with Gasteiger partial charge in [0.15, 0.2) is 0 Å². The molecule has 0 saturated carbocycles. The molecule has 0 radical (unpaired) electrons. The number of amides is 2. The highest BCUT2D eigenvalue weighted by molar-refractivity contribution is 7.20. The summed E-state index contributed by atoms with van der Waals surface area (Å²) in [5, 5.41) is 6.97. The van der Waals surface area contributed by atoms with Crippen LogP contribution in [-0.2, 0) is 17.7 Å². The standard InChI is InChI=1S/C28H37N3O3S/c1-5-31(18-16-29-26(32)25-19-23-10-6-7-11-24(23)35-25)17-8-9-21-12-14-22(15-13-21)20-30-27(33)34-28(2,3)4/h6-7,10-15,19H,5,8-9,16-18,20H2,1-4H3,(H,29,32)(H,30,33). The predicted octanol–water partition coefficient (Wildman–Crippen LogP) is 5.61. The van der Waals surface area contributed by atoms with Crippen molar-refractivity contribution < 1.29 is 14.3 Å². The number of nitrogens with one attached hydrogen (secondary N) is 2. The van der Waals surface area contributed by atoms with Crippen LogP contribution >= 0.6 is 11.3 Å². The summed E-state index contributed by atoms with van der Waals surface area (Å²) in [6.45, 7) is 11.6. The maximum absolute atomic E-state index is 12.5. The number of nitrogens with zero attached hydrogens (tertiary/aromatic N) is 1. The predicted molar refractivity (Wildman–Crippen MR) is 144 cm³/mol. The second-order valence-electron chi connectivity index (χ2n) is 9.61. The minimum atomic E-state index is -0.495. The Hall–Kier alpha value is -2.90. The van der Waals surface area contributed by atoms with Crippen LogP contribution in [0.15, 0.2) is 54.6 Å². The number of fused-ring (bicyclic) bond motifs is 1. The van der Waals surface area contributed by atoms with Gasteiger partial charge < -0.3 is 20.3 Å². The number of rotatable bonds is 11. The minimum Gasteiger partial charge on any atom is -0.444 e. The zero-order valence-corrected chi connectivity index (χ0v) is 22.0. The van der Waals surface area contributed by atoms with E-state index in [1.54, 1.807) is 0 Å². The molecule has 0 aliphatic rings. The van der Waals surface area contributed by atoms with Crippen molar-refractivity contribution in [3.05, 3.63) is 70.6 Å². The Kier molecular flexibility index (Phi) is 9.69. The van der Waals surface area contributed by atoms with Crippen LogP contribution in [-0.4, -0.2) is 48.7 Å². The van der Waals surface area contributed by atoms with Crippen molar-refractivity contribution in [3.63, 3.8) is 0 Å². The van der Waals surface area contributed by atoms with Crippen molar-refractivity contribution in [2.24, 2.45) is 0 Å². The molecular weight excluding hydrogens is 458 g/mol. The van der Waals surface area contributed by atoms with E-state index in [2.05, 4.69) is 34.6 Å². The lowest BCUT2D eigenvalue weighted by molar-refractivity contribution is 0.0523. The van der Waals surface area contributed by atoms with E-state index in [0.717, 1.165) is 53.0 Å². The van der Waals surface area contributed by atoms with E-state index in [9.17, 15) is 9.59 Å². The monoisotopic (exact) mass is 495 g/mol. The summed E-state index contributed by atoms with van der Waals surface area (Å²) in [6, 6.07) is 18.4. The van der Waals surface area contributed by atoms with E-state index in [4.69, 9.17) is 4.74 Å². The van der Waals surface area contributed by atoms with E-state index in [1.807, 2.05) is 63.2 Å². The zero-order valence-electron chi connectivity index (χ0n) is 21.2. The molecule has 0 saturated heterocycles. The average Bonchev–Trinajstić information content (AvgIpc) is 3.26. The van der Waals surface area contributed by atoms with Gasteiger partial charge in [0.2, 0.25) is 0 Å². The highest BCUT2D eigenvalue weighted by Gasteiger charge is 2.15. The molecule has 0 aliphatic heterocycles. The molecule has 188 valence electrons. The normalized spacial score (nSPS) is 11.6. The number of ether oxygens (including phenoxy) is 1. The zero-order chi connectivity index (χ0) is 25.3. The van der Waals surface area contributed by atoms with Crippen molar-refractivity contribution in [3.8, 4) is 0 Å². The van der Waals surface area contributed by atoms with Crippen LogP contribution in [0.3, 0.4) is 0 Å². The van der Waals surface area contributed by atoms with Crippen LogP contribution in [0, 0.1) is 0 Å². The van der Waals surface area contributed by atoms with E-state index >= 15 is 0 Å². The number of hydrogen-bond donors (Lipinski definition) is 2. The summed E-state index contributed by atoms with van der Waals surface area (Å²) in [7, 11) is 0. The summed E-state index contributed by atoms with van der Waals surface area (Å²) in [4.78, 5) is 27.4. The minimum absolute atomic E-state index is 0.00324. The second-order valence-corrected chi connectivity index (χ2v) is 10.7. The molecule has 0 unspecified atom stereocenters. The van der Waals surface area contributed by atoms with E-state index in [1.165, 1.54) is 16.9 Å². The molecule has 2 aromatic carbocycles. The molecule has 0 spiro atoms. The molecule has 35 heavy (non-hydrogen) atoms. The van der Waals surface area contributed by atoms with Gasteiger partial charge in [-0.05, 0) is 75.3 Å². The van der Waals surface area contributed by atoms with Crippen molar-refractivity contribution >= 4 is 33.4 Å². The molecule has 1 heterocycles. The Bertz CT molecular complexity index is 1070. The summed E-state index contributed by atoms with van der Waals surface area (Å²) in [6.07, 6.45) is 1.64. The summed E-state index contributed by atoms with van der Waals surface area (Å²) in [5.41, 5.74) is 1.83. The first-order valence-corrected chi connectivity index (χ1v) is 13.1. The van der Waals surface area contributed by atoms with Gasteiger partial charge in [-0.1, -0.05) is 49.4 Å². The SMILES string of the molecule is CCN(CCCc1ccc(CNC(=O)OC(C)(C)C)cc1)CCNC(=O)c1cc2ccccc2s1. The van der Waals surface area contributed by atoms with Gasteiger partial charge in [-0.2, -0.15) is 0 Å². The number of aryl methyl sites for hydroxylation is 1. The molecule has 1 aromatic heterocycles. The maximum atomic E-state index is 12.5. The largest absolute Gasteiger partial charge is 0.444 e. The summed E-state index contributed by atoms with van der Waals surface area (Å²) < 4.78 is 6.41. The van der Waals surface area contributed by atoms with Crippen LogP contribution in [0.2, 0.25) is 0 Å². The van der Waals surface area contributed by atoms with E-state index in [0.29, 0.717) is 13.1 Å².